The lowest BCUT2D eigenvalue weighted by Crippen LogP contribution is -2.21. The minimum atomic E-state index is -2.79. The Hall–Kier alpha value is -1.06. The highest BCUT2D eigenvalue weighted by molar-refractivity contribution is 5.37. The minimum Gasteiger partial charge on any atom is -0.237 e. The van der Waals surface area contributed by atoms with Gasteiger partial charge < -0.3 is 0 Å². The fraction of sp³-hybridized carbons (Fsp3) is 0.714. The van der Waals surface area contributed by atoms with Crippen molar-refractivity contribution in [3.8, 4) is 0 Å². The molecule has 1 aromatic heterocycles. The SMILES string of the molecule is CC(C)c1nc(C(C)(C)C)c2c(n1)C(F)(F)CC2. The van der Waals surface area contributed by atoms with Crippen molar-refractivity contribution in [1.82, 2.24) is 9.97 Å². The third kappa shape index (κ3) is 2.13. The van der Waals surface area contributed by atoms with E-state index in [1.807, 2.05) is 34.6 Å². The van der Waals surface area contributed by atoms with Crippen LogP contribution in [0.4, 0.5) is 8.78 Å². The van der Waals surface area contributed by atoms with Crippen LogP contribution in [-0.2, 0) is 17.8 Å². The molecule has 0 N–H and O–H groups in total. The highest BCUT2D eigenvalue weighted by atomic mass is 19.3. The summed E-state index contributed by atoms with van der Waals surface area (Å²) >= 11 is 0. The van der Waals surface area contributed by atoms with E-state index >= 15 is 0 Å². The Balaban J connectivity index is 2.69. The Morgan fingerprint density at radius 3 is 2.28 bits per heavy atom. The molecule has 1 aliphatic carbocycles. The van der Waals surface area contributed by atoms with Gasteiger partial charge in [-0.05, 0) is 6.42 Å². The fourth-order valence-electron chi connectivity index (χ4n) is 2.32. The second kappa shape index (κ2) is 3.97. The van der Waals surface area contributed by atoms with Gasteiger partial charge in [-0.1, -0.05) is 34.6 Å². The normalized spacial score (nSPS) is 18.2. The molecule has 0 amide bonds. The maximum absolute atomic E-state index is 13.9. The molecule has 2 rings (SSSR count). The summed E-state index contributed by atoms with van der Waals surface area (Å²) in [6, 6.07) is 0. The van der Waals surface area contributed by atoms with E-state index in [1.54, 1.807) is 0 Å². The van der Waals surface area contributed by atoms with Gasteiger partial charge in [0.05, 0.1) is 5.69 Å². The molecule has 0 saturated carbocycles. The molecule has 0 radical (unpaired) electrons. The summed E-state index contributed by atoms with van der Waals surface area (Å²) in [7, 11) is 0. The number of aromatic nitrogens is 2. The van der Waals surface area contributed by atoms with E-state index in [2.05, 4.69) is 9.97 Å². The van der Waals surface area contributed by atoms with Crippen LogP contribution >= 0.6 is 0 Å². The lowest BCUT2D eigenvalue weighted by atomic mass is 9.87. The molecule has 0 bridgehead atoms. The number of halogens is 2. The number of hydrogen-bond donors (Lipinski definition) is 0. The molecule has 18 heavy (non-hydrogen) atoms. The Morgan fingerprint density at radius 2 is 1.78 bits per heavy atom. The summed E-state index contributed by atoms with van der Waals surface area (Å²) in [4.78, 5) is 8.65. The first-order valence-electron chi connectivity index (χ1n) is 6.42. The van der Waals surface area contributed by atoms with E-state index in [9.17, 15) is 8.78 Å². The van der Waals surface area contributed by atoms with Crippen molar-refractivity contribution in [2.75, 3.05) is 0 Å². The second-order valence-corrected chi connectivity index (χ2v) is 6.37. The molecule has 0 unspecified atom stereocenters. The van der Waals surface area contributed by atoms with Crippen molar-refractivity contribution >= 4 is 0 Å². The molecule has 0 spiro atoms. The summed E-state index contributed by atoms with van der Waals surface area (Å²) in [5.74, 6) is -2.20. The van der Waals surface area contributed by atoms with Gasteiger partial charge in [-0.25, -0.2) is 9.97 Å². The van der Waals surface area contributed by atoms with Crippen LogP contribution in [0.2, 0.25) is 0 Å². The molecule has 4 heteroatoms. The van der Waals surface area contributed by atoms with Crippen LogP contribution in [-0.4, -0.2) is 9.97 Å². The zero-order valence-corrected chi connectivity index (χ0v) is 11.6. The first kappa shape index (κ1) is 13.4. The molecular formula is C14H20F2N2. The predicted octanol–water partition coefficient (Wildman–Crippen LogP) is 3.94. The minimum absolute atomic E-state index is 0.0360. The number of alkyl halides is 2. The van der Waals surface area contributed by atoms with Gasteiger partial charge >= 0.3 is 0 Å². The lowest BCUT2D eigenvalue weighted by molar-refractivity contribution is -0.00623. The van der Waals surface area contributed by atoms with Crippen LogP contribution in [0.1, 0.15) is 69.7 Å². The zero-order valence-electron chi connectivity index (χ0n) is 11.6. The highest BCUT2D eigenvalue weighted by Crippen LogP contribution is 2.43. The molecule has 0 saturated heterocycles. The average molecular weight is 254 g/mol. The van der Waals surface area contributed by atoms with Crippen LogP contribution in [0.15, 0.2) is 0 Å². The fourth-order valence-corrected chi connectivity index (χ4v) is 2.32. The van der Waals surface area contributed by atoms with E-state index in [4.69, 9.17) is 0 Å². The molecule has 0 aromatic carbocycles. The van der Waals surface area contributed by atoms with Gasteiger partial charge in [0.2, 0.25) is 0 Å². The lowest BCUT2D eigenvalue weighted by Gasteiger charge is -2.23. The van der Waals surface area contributed by atoms with Gasteiger partial charge in [-0.3, -0.25) is 0 Å². The standard InChI is InChI=1S/C14H20F2N2/c1-8(2)12-17-10(13(3,4)5)9-6-7-14(15,16)11(9)18-12/h8H,6-7H2,1-5H3. The molecule has 1 aromatic rings. The summed E-state index contributed by atoms with van der Waals surface area (Å²) in [5.41, 5.74) is 1.19. The Labute approximate surface area is 107 Å². The number of hydrogen-bond acceptors (Lipinski definition) is 2. The Bertz CT molecular complexity index is 473. The van der Waals surface area contributed by atoms with Gasteiger partial charge in [0.1, 0.15) is 11.5 Å². The van der Waals surface area contributed by atoms with Crippen molar-refractivity contribution in [2.24, 2.45) is 0 Å². The second-order valence-electron chi connectivity index (χ2n) is 6.37. The van der Waals surface area contributed by atoms with Crippen molar-refractivity contribution < 1.29 is 8.78 Å². The molecule has 0 fully saturated rings. The molecule has 0 atom stereocenters. The van der Waals surface area contributed by atoms with Gasteiger partial charge in [0, 0.05) is 23.3 Å². The summed E-state index contributed by atoms with van der Waals surface area (Å²) in [6.07, 6.45) is 0.245. The quantitative estimate of drug-likeness (QED) is 0.758. The average Bonchev–Trinajstić information content (AvgIpc) is 2.52. The Kier molecular flexibility index (Phi) is 2.95. The van der Waals surface area contributed by atoms with Crippen molar-refractivity contribution in [2.45, 2.75) is 64.7 Å². The van der Waals surface area contributed by atoms with Gasteiger partial charge in [-0.2, -0.15) is 8.78 Å². The smallest absolute Gasteiger partial charge is 0.237 e. The molecule has 100 valence electrons. The van der Waals surface area contributed by atoms with Gasteiger partial charge in [0.25, 0.3) is 5.92 Å². The van der Waals surface area contributed by atoms with E-state index in [0.717, 1.165) is 5.69 Å². The largest absolute Gasteiger partial charge is 0.290 e. The number of nitrogens with zero attached hydrogens (tertiary/aromatic N) is 2. The van der Waals surface area contributed by atoms with E-state index in [0.29, 0.717) is 17.8 Å². The molecule has 2 nitrogen and oxygen atoms in total. The predicted molar refractivity (Wildman–Crippen MR) is 67.0 cm³/mol. The summed E-state index contributed by atoms with van der Waals surface area (Å²) in [5, 5.41) is 0. The third-order valence-corrected chi connectivity index (χ3v) is 3.29. The highest BCUT2D eigenvalue weighted by Gasteiger charge is 2.44. The molecule has 1 aliphatic rings. The van der Waals surface area contributed by atoms with Crippen molar-refractivity contribution in [3.05, 3.63) is 22.8 Å². The van der Waals surface area contributed by atoms with Crippen LogP contribution in [0.3, 0.4) is 0 Å². The van der Waals surface area contributed by atoms with Crippen LogP contribution in [0.25, 0.3) is 0 Å². The maximum Gasteiger partial charge on any atom is 0.290 e. The van der Waals surface area contributed by atoms with Gasteiger partial charge in [-0.15, -0.1) is 0 Å². The third-order valence-electron chi connectivity index (χ3n) is 3.29. The summed E-state index contributed by atoms with van der Waals surface area (Å²) in [6.45, 7) is 9.89. The summed E-state index contributed by atoms with van der Waals surface area (Å²) < 4.78 is 27.7. The van der Waals surface area contributed by atoms with Crippen LogP contribution in [0.5, 0.6) is 0 Å². The first-order chi connectivity index (χ1) is 8.13. The van der Waals surface area contributed by atoms with Crippen molar-refractivity contribution in [1.29, 1.82) is 0 Å². The molecule has 0 aliphatic heterocycles. The molecular weight excluding hydrogens is 234 g/mol. The van der Waals surface area contributed by atoms with E-state index < -0.39 is 5.92 Å². The van der Waals surface area contributed by atoms with Gasteiger partial charge in [0.15, 0.2) is 0 Å². The van der Waals surface area contributed by atoms with E-state index in [-0.39, 0.29) is 23.4 Å². The zero-order chi connectivity index (χ0) is 13.7. The van der Waals surface area contributed by atoms with E-state index in [1.165, 1.54) is 0 Å². The van der Waals surface area contributed by atoms with Crippen LogP contribution in [0, 0.1) is 0 Å². The van der Waals surface area contributed by atoms with Crippen LogP contribution < -0.4 is 0 Å². The van der Waals surface area contributed by atoms with Crippen molar-refractivity contribution in [3.63, 3.8) is 0 Å². The first-order valence-corrected chi connectivity index (χ1v) is 6.42. The number of rotatable bonds is 1. The maximum atomic E-state index is 13.9. The topological polar surface area (TPSA) is 25.8 Å². The number of fused-ring (bicyclic) bond motifs is 1. The molecule has 1 heterocycles. The monoisotopic (exact) mass is 254 g/mol. The Morgan fingerprint density at radius 1 is 1.17 bits per heavy atom.